The summed E-state index contributed by atoms with van der Waals surface area (Å²) in [5.41, 5.74) is 2.64. The molecule has 1 aromatic carbocycles. The fraction of sp³-hybridized carbons (Fsp3) is 0.533. The maximum Gasteiger partial charge on any atom is 0.336 e. The Labute approximate surface area is 112 Å². The zero-order valence-electron chi connectivity index (χ0n) is 12.1. The van der Waals surface area contributed by atoms with Crippen molar-refractivity contribution < 1.29 is 9.90 Å². The largest absolute Gasteiger partial charge is 0.478 e. The quantitative estimate of drug-likeness (QED) is 0.790. The topological polar surface area (TPSA) is 37.3 Å². The molecule has 1 atom stereocenters. The highest BCUT2D eigenvalue weighted by Gasteiger charge is 2.28. The molecule has 0 aliphatic heterocycles. The fourth-order valence-electron chi connectivity index (χ4n) is 2.24. The van der Waals surface area contributed by atoms with Gasteiger partial charge in [0.25, 0.3) is 0 Å². The molecule has 18 heavy (non-hydrogen) atoms. The van der Waals surface area contributed by atoms with Crippen molar-refractivity contribution >= 4 is 20.5 Å². The van der Waals surface area contributed by atoms with Crippen LogP contribution in [0, 0.1) is 0 Å². The van der Waals surface area contributed by atoms with Crippen LogP contribution in [0.3, 0.4) is 0 Å². The van der Waals surface area contributed by atoms with E-state index in [-0.39, 0.29) is 10.8 Å². The van der Waals surface area contributed by atoms with E-state index >= 15 is 0 Å². The predicted octanol–water partition coefficient (Wildman–Crippen LogP) is 3.48. The minimum absolute atomic E-state index is 0.00493. The Bertz CT molecular complexity index is 476. The molecule has 0 saturated carbocycles. The first-order valence-corrected chi connectivity index (χ1v) is 6.70. The summed E-state index contributed by atoms with van der Waals surface area (Å²) in [7, 11) is 2.61. The maximum absolute atomic E-state index is 11.2. The molecule has 2 nitrogen and oxygen atoms in total. The molecule has 1 aromatic rings. The second-order valence-corrected chi connectivity index (χ2v) is 7.33. The number of aromatic carboxylic acids is 1. The summed E-state index contributed by atoms with van der Waals surface area (Å²) >= 11 is 0. The molecule has 0 radical (unpaired) electrons. The van der Waals surface area contributed by atoms with Crippen LogP contribution >= 0.6 is 9.24 Å². The van der Waals surface area contributed by atoms with Gasteiger partial charge in [-0.25, -0.2) is 4.79 Å². The Balaban J connectivity index is 3.69. The van der Waals surface area contributed by atoms with E-state index in [2.05, 4.69) is 50.8 Å². The molecular formula is C15H23O2P. The number of hydrogen-bond donors (Lipinski definition) is 1. The van der Waals surface area contributed by atoms with Crippen molar-refractivity contribution in [1.82, 2.24) is 0 Å². The van der Waals surface area contributed by atoms with Gasteiger partial charge in [-0.3, -0.25) is 0 Å². The van der Waals surface area contributed by atoms with E-state index in [1.807, 2.05) is 6.07 Å². The molecule has 0 aliphatic carbocycles. The predicted molar refractivity (Wildman–Crippen MR) is 80.1 cm³/mol. The summed E-state index contributed by atoms with van der Waals surface area (Å²) in [5, 5.41) is 10.0. The number of rotatable bonds is 1. The lowest BCUT2D eigenvalue weighted by atomic mass is 9.74. The summed E-state index contributed by atoms with van der Waals surface area (Å²) in [6, 6.07) is 3.66. The average molecular weight is 266 g/mol. The van der Waals surface area contributed by atoms with Gasteiger partial charge in [-0.05, 0) is 33.3 Å². The summed E-state index contributed by atoms with van der Waals surface area (Å²) in [4.78, 5) is 11.2. The van der Waals surface area contributed by atoms with Crippen LogP contribution in [0.5, 0.6) is 0 Å². The smallest absolute Gasteiger partial charge is 0.336 e. The van der Waals surface area contributed by atoms with E-state index in [0.717, 1.165) is 10.9 Å². The average Bonchev–Trinajstić information content (AvgIpc) is 2.12. The molecular weight excluding hydrogens is 243 g/mol. The zero-order valence-corrected chi connectivity index (χ0v) is 13.2. The Morgan fingerprint density at radius 3 is 1.89 bits per heavy atom. The normalized spacial score (nSPS) is 12.6. The van der Waals surface area contributed by atoms with Crippen molar-refractivity contribution in [2.75, 3.05) is 0 Å². The SMILES string of the molecule is CC(C)(C)c1ccc(C(=O)O)c(P)c1C(C)(C)C. The summed E-state index contributed by atoms with van der Waals surface area (Å²) < 4.78 is 0. The lowest BCUT2D eigenvalue weighted by Gasteiger charge is -2.32. The van der Waals surface area contributed by atoms with Crippen LogP contribution in [0.15, 0.2) is 12.1 Å². The second kappa shape index (κ2) is 4.66. The molecule has 0 amide bonds. The second-order valence-electron chi connectivity index (χ2n) is 6.75. The van der Waals surface area contributed by atoms with Crippen molar-refractivity contribution in [1.29, 1.82) is 0 Å². The van der Waals surface area contributed by atoms with Crippen LogP contribution in [-0.4, -0.2) is 11.1 Å². The number of carbonyl (C=O) groups is 1. The Hall–Kier alpha value is -0.880. The first-order valence-electron chi connectivity index (χ1n) is 6.13. The van der Waals surface area contributed by atoms with Gasteiger partial charge in [0, 0.05) is 0 Å². The van der Waals surface area contributed by atoms with Crippen molar-refractivity contribution in [3.05, 3.63) is 28.8 Å². The molecule has 100 valence electrons. The number of hydrogen-bond acceptors (Lipinski definition) is 1. The highest BCUT2D eigenvalue weighted by atomic mass is 31.0. The van der Waals surface area contributed by atoms with Gasteiger partial charge in [0.15, 0.2) is 0 Å². The van der Waals surface area contributed by atoms with Gasteiger partial charge < -0.3 is 5.11 Å². The summed E-state index contributed by atoms with van der Waals surface area (Å²) in [5.74, 6) is -0.869. The molecule has 1 N–H and O–H groups in total. The fourth-order valence-corrected chi connectivity index (χ4v) is 3.05. The van der Waals surface area contributed by atoms with Gasteiger partial charge in [-0.15, -0.1) is 9.24 Å². The molecule has 0 heterocycles. The van der Waals surface area contributed by atoms with Gasteiger partial charge >= 0.3 is 5.97 Å². The van der Waals surface area contributed by atoms with Crippen LogP contribution < -0.4 is 5.30 Å². The van der Waals surface area contributed by atoms with Crippen LogP contribution in [-0.2, 0) is 10.8 Å². The van der Waals surface area contributed by atoms with Crippen molar-refractivity contribution in [2.24, 2.45) is 0 Å². The van der Waals surface area contributed by atoms with Crippen LogP contribution in [0.2, 0.25) is 0 Å². The number of benzene rings is 1. The first kappa shape index (κ1) is 15.2. The highest BCUT2D eigenvalue weighted by Crippen LogP contribution is 2.34. The lowest BCUT2D eigenvalue weighted by molar-refractivity contribution is 0.0698. The third-order valence-corrected chi connectivity index (χ3v) is 3.63. The van der Waals surface area contributed by atoms with E-state index in [1.165, 1.54) is 5.56 Å². The molecule has 0 fully saturated rings. The lowest BCUT2D eigenvalue weighted by Crippen LogP contribution is -2.29. The van der Waals surface area contributed by atoms with Gasteiger partial charge in [0.2, 0.25) is 0 Å². The van der Waals surface area contributed by atoms with Crippen LogP contribution in [0.4, 0.5) is 0 Å². The Morgan fingerprint density at radius 2 is 1.56 bits per heavy atom. The minimum atomic E-state index is -0.869. The van der Waals surface area contributed by atoms with Crippen LogP contribution in [0.1, 0.15) is 63.0 Å². The van der Waals surface area contributed by atoms with E-state index in [4.69, 9.17) is 0 Å². The van der Waals surface area contributed by atoms with E-state index in [1.54, 1.807) is 6.07 Å². The van der Waals surface area contributed by atoms with Gasteiger partial charge in [-0.2, -0.15) is 0 Å². The highest BCUT2D eigenvalue weighted by molar-refractivity contribution is 7.28. The maximum atomic E-state index is 11.2. The van der Waals surface area contributed by atoms with Gasteiger partial charge in [0.1, 0.15) is 0 Å². The third kappa shape index (κ3) is 2.92. The summed E-state index contributed by atoms with van der Waals surface area (Å²) in [6.45, 7) is 12.8. The van der Waals surface area contributed by atoms with Crippen molar-refractivity contribution in [3.8, 4) is 0 Å². The van der Waals surface area contributed by atoms with Gasteiger partial charge in [-0.1, -0.05) is 47.6 Å². The van der Waals surface area contributed by atoms with Crippen molar-refractivity contribution in [2.45, 2.75) is 52.4 Å². The molecule has 3 heteroatoms. The van der Waals surface area contributed by atoms with Crippen LogP contribution in [0.25, 0.3) is 0 Å². The molecule has 0 spiro atoms. The molecule has 0 aromatic heterocycles. The monoisotopic (exact) mass is 266 g/mol. The van der Waals surface area contributed by atoms with Gasteiger partial charge in [0.05, 0.1) is 5.56 Å². The molecule has 1 unspecified atom stereocenters. The number of carboxylic acid groups (broad SMARTS) is 1. The molecule has 0 saturated heterocycles. The number of carboxylic acids is 1. The molecule has 1 rings (SSSR count). The first-order chi connectivity index (χ1) is 7.96. The summed E-state index contributed by atoms with van der Waals surface area (Å²) in [6.07, 6.45) is 0. The Morgan fingerprint density at radius 1 is 1.06 bits per heavy atom. The zero-order chi connectivity index (χ0) is 14.3. The van der Waals surface area contributed by atoms with E-state index in [9.17, 15) is 9.90 Å². The molecule has 0 bridgehead atoms. The third-order valence-electron chi connectivity index (χ3n) is 3.03. The minimum Gasteiger partial charge on any atom is -0.478 e. The van der Waals surface area contributed by atoms with Crippen molar-refractivity contribution in [3.63, 3.8) is 0 Å². The Kier molecular flexibility index (Phi) is 3.93. The standard InChI is InChI=1S/C15H23O2P/c1-14(2,3)10-8-7-9(13(16)17)12(18)11(10)15(4,5)6/h7-8H,18H2,1-6H3,(H,16,17). The van der Waals surface area contributed by atoms with E-state index in [0.29, 0.717) is 5.56 Å². The van der Waals surface area contributed by atoms with E-state index < -0.39 is 5.97 Å². The molecule has 0 aliphatic rings.